The topological polar surface area (TPSA) is 95.9 Å². The average Bonchev–Trinajstić information content (AvgIpc) is 2.60. The Bertz CT molecular complexity index is 981. The van der Waals surface area contributed by atoms with Gasteiger partial charge in [0.2, 0.25) is 0 Å². The van der Waals surface area contributed by atoms with E-state index in [1.807, 2.05) is 24.3 Å². The molecule has 0 aliphatic rings. The summed E-state index contributed by atoms with van der Waals surface area (Å²) in [5, 5.41) is 23.1. The number of carbonyl (C=O) groups is 2. The van der Waals surface area contributed by atoms with Gasteiger partial charge in [-0.2, -0.15) is 0 Å². The zero-order chi connectivity index (χ0) is 18.0. The van der Waals surface area contributed by atoms with Gasteiger partial charge in [-0.05, 0) is 35.0 Å². The Morgan fingerprint density at radius 2 is 1.64 bits per heavy atom. The molecule has 0 saturated heterocycles. The van der Waals surface area contributed by atoms with Crippen molar-refractivity contribution in [1.82, 2.24) is 0 Å². The summed E-state index contributed by atoms with van der Waals surface area (Å²) in [6.07, 6.45) is 0. The molecule has 3 rings (SSSR count). The van der Waals surface area contributed by atoms with E-state index in [-0.39, 0.29) is 11.3 Å². The Kier molecular flexibility index (Phi) is 4.26. The summed E-state index contributed by atoms with van der Waals surface area (Å²) >= 11 is 0. The molecule has 126 valence electrons. The van der Waals surface area contributed by atoms with Gasteiger partial charge in [-0.25, -0.2) is 4.79 Å². The third-order valence-corrected chi connectivity index (χ3v) is 3.80. The highest BCUT2D eigenvalue weighted by Crippen LogP contribution is 2.28. The first-order valence-electron chi connectivity index (χ1n) is 7.44. The third kappa shape index (κ3) is 3.23. The van der Waals surface area contributed by atoms with Gasteiger partial charge >= 0.3 is 5.97 Å². The number of hydrogen-bond acceptors (Lipinski definition) is 4. The lowest BCUT2D eigenvalue weighted by Crippen LogP contribution is -2.13. The lowest BCUT2D eigenvalue weighted by molar-refractivity contribution is 0.0693. The van der Waals surface area contributed by atoms with Crippen LogP contribution in [0.3, 0.4) is 0 Å². The SMILES string of the molecule is COc1cc2ccccc2cc1C(=O)Nc1ccc(C(=O)O)c(O)c1. The first-order valence-corrected chi connectivity index (χ1v) is 7.44. The van der Waals surface area contributed by atoms with E-state index in [4.69, 9.17) is 9.84 Å². The Morgan fingerprint density at radius 1 is 0.960 bits per heavy atom. The van der Waals surface area contributed by atoms with Crippen molar-refractivity contribution in [3.63, 3.8) is 0 Å². The molecule has 0 spiro atoms. The summed E-state index contributed by atoms with van der Waals surface area (Å²) in [5.74, 6) is -1.67. The predicted molar refractivity (Wildman–Crippen MR) is 93.5 cm³/mol. The minimum Gasteiger partial charge on any atom is -0.507 e. The van der Waals surface area contributed by atoms with Crippen LogP contribution in [0.1, 0.15) is 20.7 Å². The molecule has 0 aliphatic carbocycles. The van der Waals surface area contributed by atoms with Crippen LogP contribution in [-0.2, 0) is 0 Å². The number of benzene rings is 3. The van der Waals surface area contributed by atoms with Gasteiger partial charge in [0.1, 0.15) is 17.1 Å². The molecule has 6 nitrogen and oxygen atoms in total. The smallest absolute Gasteiger partial charge is 0.339 e. The zero-order valence-electron chi connectivity index (χ0n) is 13.3. The van der Waals surface area contributed by atoms with Gasteiger partial charge in [-0.15, -0.1) is 0 Å². The lowest BCUT2D eigenvalue weighted by Gasteiger charge is -2.11. The van der Waals surface area contributed by atoms with Crippen LogP contribution in [0, 0.1) is 0 Å². The Balaban J connectivity index is 1.94. The second-order valence-electron chi connectivity index (χ2n) is 5.39. The fourth-order valence-electron chi connectivity index (χ4n) is 2.55. The molecule has 3 aromatic rings. The number of nitrogens with one attached hydrogen (secondary N) is 1. The lowest BCUT2D eigenvalue weighted by atomic mass is 10.1. The first-order chi connectivity index (χ1) is 12.0. The molecule has 25 heavy (non-hydrogen) atoms. The third-order valence-electron chi connectivity index (χ3n) is 3.80. The van der Waals surface area contributed by atoms with Crippen LogP contribution >= 0.6 is 0 Å². The van der Waals surface area contributed by atoms with Crippen molar-refractivity contribution in [1.29, 1.82) is 0 Å². The molecule has 0 unspecified atom stereocenters. The van der Waals surface area contributed by atoms with Crippen molar-refractivity contribution in [3.8, 4) is 11.5 Å². The number of amides is 1. The number of carbonyl (C=O) groups excluding carboxylic acids is 1. The van der Waals surface area contributed by atoms with Crippen LogP contribution in [0.5, 0.6) is 11.5 Å². The standard InChI is InChI=1S/C19H15NO5/c1-25-17-9-12-5-3-2-4-11(12)8-15(17)18(22)20-13-6-7-14(19(23)24)16(21)10-13/h2-10,21H,1H3,(H,20,22)(H,23,24). The Hall–Kier alpha value is -3.54. The van der Waals surface area contributed by atoms with E-state index in [0.717, 1.165) is 10.8 Å². The highest BCUT2D eigenvalue weighted by molar-refractivity contribution is 6.09. The van der Waals surface area contributed by atoms with Crippen LogP contribution in [0.4, 0.5) is 5.69 Å². The molecule has 0 bridgehead atoms. The van der Waals surface area contributed by atoms with E-state index in [2.05, 4.69) is 5.32 Å². The summed E-state index contributed by atoms with van der Waals surface area (Å²) < 4.78 is 5.30. The minimum atomic E-state index is -1.24. The molecule has 3 N–H and O–H groups in total. The quantitative estimate of drug-likeness (QED) is 0.677. The van der Waals surface area contributed by atoms with Crippen LogP contribution < -0.4 is 10.1 Å². The van der Waals surface area contributed by atoms with E-state index in [1.165, 1.54) is 25.3 Å². The van der Waals surface area contributed by atoms with E-state index >= 15 is 0 Å². The Labute approximate surface area is 143 Å². The number of ether oxygens (including phenoxy) is 1. The van der Waals surface area contributed by atoms with Crippen molar-refractivity contribution in [2.75, 3.05) is 12.4 Å². The van der Waals surface area contributed by atoms with Crippen LogP contribution in [0.25, 0.3) is 10.8 Å². The number of fused-ring (bicyclic) bond motifs is 1. The second kappa shape index (κ2) is 6.52. The fraction of sp³-hybridized carbons (Fsp3) is 0.0526. The predicted octanol–water partition coefficient (Wildman–Crippen LogP) is 3.50. The van der Waals surface area contributed by atoms with Crippen molar-refractivity contribution in [2.24, 2.45) is 0 Å². The maximum Gasteiger partial charge on any atom is 0.339 e. The normalized spacial score (nSPS) is 10.4. The van der Waals surface area contributed by atoms with E-state index in [0.29, 0.717) is 11.3 Å². The summed E-state index contributed by atoms with van der Waals surface area (Å²) in [7, 11) is 1.48. The van der Waals surface area contributed by atoms with E-state index < -0.39 is 17.6 Å². The van der Waals surface area contributed by atoms with Gasteiger partial charge in [0.25, 0.3) is 5.91 Å². The average molecular weight is 337 g/mol. The molecule has 0 saturated carbocycles. The maximum atomic E-state index is 12.6. The number of carboxylic acid groups (broad SMARTS) is 1. The molecular formula is C19H15NO5. The number of rotatable bonds is 4. The molecular weight excluding hydrogens is 322 g/mol. The second-order valence-corrected chi connectivity index (χ2v) is 5.39. The molecule has 0 aromatic heterocycles. The van der Waals surface area contributed by atoms with Crippen molar-refractivity contribution in [2.45, 2.75) is 0 Å². The number of aromatic carboxylic acids is 1. The van der Waals surface area contributed by atoms with Crippen LogP contribution in [0.15, 0.2) is 54.6 Å². The molecule has 0 fully saturated rings. The van der Waals surface area contributed by atoms with E-state index in [1.54, 1.807) is 12.1 Å². The van der Waals surface area contributed by atoms with Gasteiger partial charge in [0, 0.05) is 11.8 Å². The van der Waals surface area contributed by atoms with Gasteiger partial charge in [-0.1, -0.05) is 24.3 Å². The molecule has 6 heteroatoms. The van der Waals surface area contributed by atoms with Crippen molar-refractivity contribution >= 4 is 28.3 Å². The zero-order valence-corrected chi connectivity index (χ0v) is 13.3. The molecule has 0 aliphatic heterocycles. The number of carboxylic acids is 1. The first kappa shape index (κ1) is 16.3. The van der Waals surface area contributed by atoms with Gasteiger partial charge in [0.15, 0.2) is 0 Å². The molecule has 0 radical (unpaired) electrons. The summed E-state index contributed by atoms with van der Waals surface area (Å²) in [5.41, 5.74) is 0.381. The number of methoxy groups -OCH3 is 1. The number of anilines is 1. The van der Waals surface area contributed by atoms with Gasteiger partial charge in [-0.3, -0.25) is 4.79 Å². The highest BCUT2D eigenvalue weighted by atomic mass is 16.5. The monoisotopic (exact) mass is 337 g/mol. The largest absolute Gasteiger partial charge is 0.507 e. The molecule has 0 heterocycles. The van der Waals surface area contributed by atoms with Crippen molar-refractivity contribution < 1.29 is 24.5 Å². The minimum absolute atomic E-state index is 0.235. The molecule has 0 atom stereocenters. The Morgan fingerprint density at radius 3 is 2.24 bits per heavy atom. The van der Waals surface area contributed by atoms with E-state index in [9.17, 15) is 14.7 Å². The number of hydrogen-bond donors (Lipinski definition) is 3. The van der Waals surface area contributed by atoms with Gasteiger partial charge in [0.05, 0.1) is 12.7 Å². The summed E-state index contributed by atoms with van der Waals surface area (Å²) in [4.78, 5) is 23.5. The highest BCUT2D eigenvalue weighted by Gasteiger charge is 2.15. The molecule has 3 aromatic carbocycles. The summed E-state index contributed by atoms with van der Waals surface area (Å²) in [6, 6.07) is 14.9. The van der Waals surface area contributed by atoms with Gasteiger partial charge < -0.3 is 20.3 Å². The fourth-order valence-corrected chi connectivity index (χ4v) is 2.55. The maximum absolute atomic E-state index is 12.6. The van der Waals surface area contributed by atoms with Crippen molar-refractivity contribution in [3.05, 3.63) is 65.7 Å². The van der Waals surface area contributed by atoms with Crippen LogP contribution in [-0.4, -0.2) is 29.2 Å². The molecule has 1 amide bonds. The summed E-state index contributed by atoms with van der Waals surface area (Å²) in [6.45, 7) is 0. The number of phenols is 1. The van der Waals surface area contributed by atoms with Crippen LogP contribution in [0.2, 0.25) is 0 Å². The number of aromatic hydroxyl groups is 1.